The van der Waals surface area contributed by atoms with Crippen molar-refractivity contribution in [3.8, 4) is 11.3 Å². The summed E-state index contributed by atoms with van der Waals surface area (Å²) in [4.78, 5) is 32.2. The molecular formula is C18H13FN6O2S. The lowest BCUT2D eigenvalue weighted by Gasteiger charge is -2.13. The topological polar surface area (TPSA) is 96.2 Å². The van der Waals surface area contributed by atoms with Crippen molar-refractivity contribution in [1.29, 1.82) is 0 Å². The van der Waals surface area contributed by atoms with Gasteiger partial charge in [0.05, 0.1) is 35.7 Å². The molecule has 0 aliphatic carbocycles. The van der Waals surface area contributed by atoms with E-state index in [1.165, 1.54) is 16.6 Å². The van der Waals surface area contributed by atoms with Gasteiger partial charge in [0.2, 0.25) is 0 Å². The Morgan fingerprint density at radius 3 is 2.75 bits per heavy atom. The van der Waals surface area contributed by atoms with Crippen LogP contribution in [-0.2, 0) is 13.1 Å². The van der Waals surface area contributed by atoms with Gasteiger partial charge in [-0.15, -0.1) is 5.10 Å². The smallest absolute Gasteiger partial charge is 0.278 e. The summed E-state index contributed by atoms with van der Waals surface area (Å²) >= 11 is 1.04. The van der Waals surface area contributed by atoms with Crippen LogP contribution in [0.25, 0.3) is 16.9 Å². The Balaban J connectivity index is 1.52. The van der Waals surface area contributed by atoms with Crippen LogP contribution < -0.4 is 5.56 Å². The molecule has 1 amide bonds. The second-order valence-corrected chi connectivity index (χ2v) is 7.32. The third-order valence-corrected chi connectivity index (χ3v) is 5.59. The van der Waals surface area contributed by atoms with Gasteiger partial charge in [-0.2, -0.15) is 0 Å². The van der Waals surface area contributed by atoms with E-state index >= 15 is 0 Å². The van der Waals surface area contributed by atoms with Crippen LogP contribution in [0, 0.1) is 12.7 Å². The summed E-state index contributed by atoms with van der Waals surface area (Å²) in [7, 11) is 0. The Kier molecular flexibility index (Phi) is 3.63. The van der Waals surface area contributed by atoms with E-state index in [4.69, 9.17) is 0 Å². The number of aryl methyl sites for hydroxylation is 1. The minimum absolute atomic E-state index is 0.186. The summed E-state index contributed by atoms with van der Waals surface area (Å²) in [5, 5.41) is 6.88. The fourth-order valence-electron chi connectivity index (χ4n) is 3.31. The second-order valence-electron chi connectivity index (χ2n) is 6.56. The number of hydrogen-bond donors (Lipinski definition) is 1. The van der Waals surface area contributed by atoms with Crippen molar-refractivity contribution in [1.82, 2.24) is 29.1 Å². The maximum atomic E-state index is 13.1. The first kappa shape index (κ1) is 16.8. The number of nitrogens with zero attached hydrogens (tertiary/aromatic N) is 5. The number of benzene rings is 1. The van der Waals surface area contributed by atoms with Crippen LogP contribution in [0.1, 0.15) is 26.6 Å². The average Bonchev–Trinajstić information content (AvgIpc) is 3.40. The number of halogens is 1. The first-order chi connectivity index (χ1) is 13.5. The van der Waals surface area contributed by atoms with Crippen molar-refractivity contribution in [2.24, 2.45) is 0 Å². The number of carbonyl (C=O) groups excluding carboxylic acids is 1. The summed E-state index contributed by atoms with van der Waals surface area (Å²) < 4.78 is 18.3. The largest absolute Gasteiger partial charge is 0.327 e. The molecule has 4 heterocycles. The number of hydrogen-bond acceptors (Lipinski definition) is 6. The molecule has 0 spiro atoms. The number of H-pyrrole nitrogens is 1. The zero-order valence-electron chi connectivity index (χ0n) is 14.6. The van der Waals surface area contributed by atoms with E-state index in [0.29, 0.717) is 33.2 Å². The van der Waals surface area contributed by atoms with E-state index in [1.807, 2.05) is 0 Å². The number of fused-ring (bicyclic) bond motifs is 2. The van der Waals surface area contributed by atoms with Gasteiger partial charge in [-0.05, 0) is 48.3 Å². The third kappa shape index (κ3) is 2.53. The van der Waals surface area contributed by atoms with Crippen LogP contribution in [0.4, 0.5) is 4.39 Å². The van der Waals surface area contributed by atoms with Gasteiger partial charge in [-0.25, -0.2) is 13.9 Å². The van der Waals surface area contributed by atoms with Gasteiger partial charge in [0, 0.05) is 6.07 Å². The molecule has 4 aromatic rings. The normalized spacial score (nSPS) is 13.3. The van der Waals surface area contributed by atoms with E-state index in [0.717, 1.165) is 17.1 Å². The van der Waals surface area contributed by atoms with Gasteiger partial charge >= 0.3 is 0 Å². The van der Waals surface area contributed by atoms with Gasteiger partial charge in [-0.3, -0.25) is 14.7 Å². The molecule has 28 heavy (non-hydrogen) atoms. The Morgan fingerprint density at radius 2 is 2.04 bits per heavy atom. The van der Waals surface area contributed by atoms with Gasteiger partial charge in [0.25, 0.3) is 11.5 Å². The maximum Gasteiger partial charge on any atom is 0.278 e. The number of aromatic nitrogens is 5. The monoisotopic (exact) mass is 396 g/mol. The van der Waals surface area contributed by atoms with Crippen molar-refractivity contribution in [2.45, 2.75) is 20.0 Å². The molecular weight excluding hydrogens is 383 g/mol. The number of aromatic amines is 1. The van der Waals surface area contributed by atoms with Crippen molar-refractivity contribution >= 4 is 23.1 Å². The SMILES string of the molecule is Cc1nnsc1C(=O)N1Cc2nc3cc(-c4ccc(F)cc4)[nH]n3c(=O)c2C1. The molecule has 140 valence electrons. The predicted molar refractivity (Wildman–Crippen MR) is 99.4 cm³/mol. The summed E-state index contributed by atoms with van der Waals surface area (Å²) in [6.45, 7) is 2.17. The highest BCUT2D eigenvalue weighted by Gasteiger charge is 2.30. The Hall–Kier alpha value is -3.40. The lowest BCUT2D eigenvalue weighted by molar-refractivity contribution is 0.0754. The fourth-order valence-corrected chi connectivity index (χ4v) is 3.94. The van der Waals surface area contributed by atoms with E-state index < -0.39 is 0 Å². The molecule has 3 aromatic heterocycles. The first-order valence-electron chi connectivity index (χ1n) is 8.49. The highest BCUT2D eigenvalue weighted by atomic mass is 32.1. The zero-order chi connectivity index (χ0) is 19.4. The van der Waals surface area contributed by atoms with Crippen molar-refractivity contribution in [3.05, 3.63) is 68.3 Å². The summed E-state index contributed by atoms with van der Waals surface area (Å²) in [6.07, 6.45) is 0. The van der Waals surface area contributed by atoms with Crippen molar-refractivity contribution < 1.29 is 9.18 Å². The molecule has 1 aliphatic rings. The van der Waals surface area contributed by atoms with Gasteiger partial charge in [0.1, 0.15) is 10.7 Å². The molecule has 0 radical (unpaired) electrons. The van der Waals surface area contributed by atoms with Crippen LogP contribution in [0.3, 0.4) is 0 Å². The van der Waals surface area contributed by atoms with Crippen LogP contribution in [0.2, 0.25) is 0 Å². The summed E-state index contributed by atoms with van der Waals surface area (Å²) in [5.74, 6) is -0.532. The van der Waals surface area contributed by atoms with E-state index in [2.05, 4.69) is 19.7 Å². The lowest BCUT2D eigenvalue weighted by atomic mass is 10.1. The molecule has 1 aromatic carbocycles. The Bertz CT molecular complexity index is 1290. The van der Waals surface area contributed by atoms with E-state index in [1.54, 1.807) is 30.0 Å². The fraction of sp³-hybridized carbons (Fsp3) is 0.167. The second kappa shape index (κ2) is 6.06. The number of nitrogens with one attached hydrogen (secondary N) is 1. The highest BCUT2D eigenvalue weighted by molar-refractivity contribution is 7.07. The zero-order valence-corrected chi connectivity index (χ0v) is 15.5. The van der Waals surface area contributed by atoms with E-state index in [9.17, 15) is 14.0 Å². The van der Waals surface area contributed by atoms with Crippen LogP contribution in [0.15, 0.2) is 35.1 Å². The summed E-state index contributed by atoms with van der Waals surface area (Å²) in [6, 6.07) is 7.71. The molecule has 1 aliphatic heterocycles. The van der Waals surface area contributed by atoms with Crippen LogP contribution >= 0.6 is 11.5 Å². The van der Waals surface area contributed by atoms with Crippen molar-refractivity contribution in [3.63, 3.8) is 0 Å². The number of amides is 1. The predicted octanol–water partition coefficient (Wildman–Crippen LogP) is 2.14. The third-order valence-electron chi connectivity index (χ3n) is 4.77. The van der Waals surface area contributed by atoms with Crippen LogP contribution in [0.5, 0.6) is 0 Å². The molecule has 0 bridgehead atoms. The number of carbonyl (C=O) groups is 1. The molecule has 0 fully saturated rings. The molecule has 0 unspecified atom stereocenters. The Labute approximate surface area is 161 Å². The minimum atomic E-state index is -0.328. The van der Waals surface area contributed by atoms with Gasteiger partial charge in [-0.1, -0.05) is 4.49 Å². The molecule has 0 atom stereocenters. The molecule has 0 saturated heterocycles. The lowest BCUT2D eigenvalue weighted by Crippen LogP contribution is -2.26. The minimum Gasteiger partial charge on any atom is -0.327 e. The molecule has 1 N–H and O–H groups in total. The Morgan fingerprint density at radius 1 is 1.25 bits per heavy atom. The standard InChI is InChI=1S/C18H13FN6O2S/c1-9-16(28-23-21-9)18(27)24-7-12-14(8-24)20-15-6-13(22-25(15)17(12)26)10-2-4-11(19)5-3-10/h2-6,22H,7-8H2,1H3. The van der Waals surface area contributed by atoms with Crippen molar-refractivity contribution in [2.75, 3.05) is 0 Å². The first-order valence-corrected chi connectivity index (χ1v) is 9.26. The number of rotatable bonds is 2. The highest BCUT2D eigenvalue weighted by Crippen LogP contribution is 2.24. The molecule has 8 nitrogen and oxygen atoms in total. The molecule has 5 rings (SSSR count). The van der Waals surface area contributed by atoms with Gasteiger partial charge in [0.15, 0.2) is 5.65 Å². The van der Waals surface area contributed by atoms with Crippen LogP contribution in [-0.4, -0.2) is 35.0 Å². The maximum absolute atomic E-state index is 13.1. The van der Waals surface area contributed by atoms with E-state index in [-0.39, 0.29) is 30.4 Å². The average molecular weight is 396 g/mol. The molecule has 10 heteroatoms. The van der Waals surface area contributed by atoms with Gasteiger partial charge < -0.3 is 4.90 Å². The molecule has 0 saturated carbocycles. The summed E-state index contributed by atoms with van der Waals surface area (Å²) in [5.41, 5.74) is 3.25. The quantitative estimate of drug-likeness (QED) is 0.560.